The lowest BCUT2D eigenvalue weighted by atomic mass is 10.9. The van der Waals surface area contributed by atoms with Crippen molar-refractivity contribution in [2.24, 2.45) is 0 Å². The quantitative estimate of drug-likeness (QED) is 0.629. The molecule has 86 valence electrons. The first kappa shape index (κ1) is 14.4. The van der Waals surface area contributed by atoms with Crippen molar-refractivity contribution in [3.05, 3.63) is 0 Å². The van der Waals surface area contributed by atoms with Gasteiger partial charge in [0.25, 0.3) is 0 Å². The average molecular weight is 234 g/mol. The van der Waals surface area contributed by atoms with Gasteiger partial charge in [-0.2, -0.15) is 0 Å². The van der Waals surface area contributed by atoms with Crippen LogP contribution < -0.4 is 0 Å². The van der Waals surface area contributed by atoms with E-state index in [-0.39, 0.29) is 0 Å². The van der Waals surface area contributed by atoms with Crippen LogP contribution in [0.3, 0.4) is 0 Å². The summed E-state index contributed by atoms with van der Waals surface area (Å²) in [6.07, 6.45) is 0. The molecule has 0 amide bonds. The van der Waals surface area contributed by atoms with Crippen molar-refractivity contribution < 1.29 is 8.85 Å². The number of hydrogen-bond acceptors (Lipinski definition) is 2. The average Bonchev–Trinajstić information content (AvgIpc) is 2.27. The van der Waals surface area contributed by atoms with E-state index in [1.54, 1.807) is 0 Å². The van der Waals surface area contributed by atoms with Crippen LogP contribution in [0.1, 0.15) is 27.7 Å². The van der Waals surface area contributed by atoms with Gasteiger partial charge in [0.15, 0.2) is 0 Å². The Hall–Kier alpha value is 0.354. The largest absolute Gasteiger partial charge is 0.400 e. The van der Waals surface area contributed by atoms with Gasteiger partial charge in [0, 0.05) is 14.2 Å². The zero-order valence-corrected chi connectivity index (χ0v) is 12.6. The van der Waals surface area contributed by atoms with Crippen LogP contribution >= 0.6 is 0 Å². The van der Waals surface area contributed by atoms with Gasteiger partial charge in [-0.1, -0.05) is 45.8 Å². The second-order valence-electron chi connectivity index (χ2n) is 3.86. The summed E-state index contributed by atoms with van der Waals surface area (Å²) in [6.45, 7) is 9.17. The fourth-order valence-corrected chi connectivity index (χ4v) is 17.9. The minimum absolute atomic E-state index is 1.10. The molecule has 0 atom stereocenters. The molecule has 0 saturated heterocycles. The van der Waals surface area contributed by atoms with Crippen LogP contribution in [0.15, 0.2) is 0 Å². The standard InChI is InChI=1S/C10H26O2Si2/c1-7-13(8-2,9-3)14(10-4,11-5)12-6/h7-10H2,1-6H3. The van der Waals surface area contributed by atoms with Crippen LogP contribution in [0.2, 0.25) is 24.2 Å². The van der Waals surface area contributed by atoms with Crippen LogP contribution in [0.25, 0.3) is 0 Å². The fourth-order valence-electron chi connectivity index (χ4n) is 2.74. The molecule has 4 heteroatoms. The predicted octanol–water partition coefficient (Wildman–Crippen LogP) is 3.33. The first-order chi connectivity index (χ1) is 6.61. The molecule has 0 aromatic carbocycles. The maximum absolute atomic E-state index is 5.85. The highest BCUT2D eigenvalue weighted by Gasteiger charge is 2.53. The van der Waals surface area contributed by atoms with Crippen LogP contribution in [0, 0.1) is 0 Å². The van der Waals surface area contributed by atoms with Crippen molar-refractivity contribution in [1.29, 1.82) is 0 Å². The highest BCUT2D eigenvalue weighted by atomic mass is 29.3. The minimum atomic E-state index is -1.86. The maximum Gasteiger partial charge on any atom is 0.315 e. The van der Waals surface area contributed by atoms with Gasteiger partial charge in [0.05, 0.1) is 0 Å². The molecule has 14 heavy (non-hydrogen) atoms. The third kappa shape index (κ3) is 2.13. The first-order valence-corrected chi connectivity index (χ1v) is 11.4. The van der Waals surface area contributed by atoms with Gasteiger partial charge in [0.2, 0.25) is 0 Å². The highest BCUT2D eigenvalue weighted by Crippen LogP contribution is 2.34. The van der Waals surface area contributed by atoms with Gasteiger partial charge in [-0.15, -0.1) is 0 Å². The summed E-state index contributed by atoms with van der Waals surface area (Å²) in [5.74, 6) is 0. The monoisotopic (exact) mass is 234 g/mol. The molecular weight excluding hydrogens is 208 g/mol. The Morgan fingerprint density at radius 3 is 1.14 bits per heavy atom. The van der Waals surface area contributed by atoms with E-state index in [9.17, 15) is 0 Å². The molecule has 0 aromatic rings. The zero-order chi connectivity index (χ0) is 11.2. The summed E-state index contributed by atoms with van der Waals surface area (Å²) in [7, 11) is 0.537. The highest BCUT2D eigenvalue weighted by molar-refractivity contribution is 7.37. The van der Waals surface area contributed by atoms with E-state index < -0.39 is 15.7 Å². The normalized spacial score (nSPS) is 13.3. The smallest absolute Gasteiger partial charge is 0.315 e. The molecule has 2 nitrogen and oxygen atoms in total. The molecule has 0 fully saturated rings. The van der Waals surface area contributed by atoms with Crippen molar-refractivity contribution in [3.8, 4) is 0 Å². The molecule has 0 N–H and O–H groups in total. The van der Waals surface area contributed by atoms with Gasteiger partial charge in [0.1, 0.15) is 7.59 Å². The Kier molecular flexibility index (Phi) is 6.20. The van der Waals surface area contributed by atoms with E-state index in [1.165, 1.54) is 18.1 Å². The third-order valence-corrected chi connectivity index (χ3v) is 22.2. The molecule has 0 radical (unpaired) electrons. The second-order valence-corrected chi connectivity index (χ2v) is 17.0. The minimum Gasteiger partial charge on any atom is -0.400 e. The molecule has 0 saturated carbocycles. The summed E-state index contributed by atoms with van der Waals surface area (Å²) in [6, 6.07) is 4.98. The Bertz CT molecular complexity index is 120. The number of hydrogen-bond donors (Lipinski definition) is 0. The molecule has 0 aromatic heterocycles. The molecule has 0 unspecified atom stereocenters. The number of rotatable bonds is 7. The van der Waals surface area contributed by atoms with Crippen LogP contribution in [-0.4, -0.2) is 29.9 Å². The van der Waals surface area contributed by atoms with Gasteiger partial charge in [-0.3, -0.25) is 0 Å². The Labute approximate surface area is 91.0 Å². The molecule has 0 spiro atoms. The van der Waals surface area contributed by atoms with E-state index >= 15 is 0 Å². The topological polar surface area (TPSA) is 18.5 Å². The summed E-state index contributed by atoms with van der Waals surface area (Å²) >= 11 is 0. The van der Waals surface area contributed by atoms with Gasteiger partial charge in [-0.25, -0.2) is 0 Å². The fraction of sp³-hybridized carbons (Fsp3) is 1.00. The lowest BCUT2D eigenvalue weighted by molar-refractivity contribution is 0.262. The van der Waals surface area contributed by atoms with Crippen molar-refractivity contribution >= 4 is 15.7 Å². The summed E-state index contributed by atoms with van der Waals surface area (Å²) in [4.78, 5) is 0. The lowest BCUT2D eigenvalue weighted by Crippen LogP contribution is -2.64. The first-order valence-electron chi connectivity index (χ1n) is 5.72. The zero-order valence-electron chi connectivity index (χ0n) is 10.6. The summed E-state index contributed by atoms with van der Waals surface area (Å²) < 4.78 is 11.7. The maximum atomic E-state index is 5.85. The second kappa shape index (κ2) is 6.05. The molecule has 0 heterocycles. The lowest BCUT2D eigenvalue weighted by Gasteiger charge is -2.43. The molecular formula is C10H26O2Si2. The Morgan fingerprint density at radius 2 is 1.07 bits per heavy atom. The van der Waals surface area contributed by atoms with Crippen molar-refractivity contribution in [2.75, 3.05) is 14.2 Å². The van der Waals surface area contributed by atoms with E-state index in [0.717, 1.165) is 6.04 Å². The third-order valence-electron chi connectivity index (χ3n) is 3.96. The van der Waals surface area contributed by atoms with Crippen LogP contribution in [0.5, 0.6) is 0 Å². The summed E-state index contributed by atoms with van der Waals surface area (Å²) in [5, 5.41) is 0. The SMILES string of the molecule is CC[Si](CC)(CC)[Si](CC)(OC)OC. The van der Waals surface area contributed by atoms with E-state index in [4.69, 9.17) is 8.85 Å². The molecule has 0 aliphatic carbocycles. The van der Waals surface area contributed by atoms with Gasteiger partial charge >= 0.3 is 8.08 Å². The van der Waals surface area contributed by atoms with E-state index in [2.05, 4.69) is 27.7 Å². The Balaban J connectivity index is 5.08. The Morgan fingerprint density at radius 1 is 0.714 bits per heavy atom. The van der Waals surface area contributed by atoms with Gasteiger partial charge < -0.3 is 8.85 Å². The molecule has 0 bridgehead atoms. The van der Waals surface area contributed by atoms with Crippen LogP contribution in [0.4, 0.5) is 0 Å². The molecule has 0 aliphatic heterocycles. The summed E-state index contributed by atoms with van der Waals surface area (Å²) in [5.41, 5.74) is 0. The molecule has 0 rings (SSSR count). The molecule has 0 aliphatic rings. The predicted molar refractivity (Wildman–Crippen MR) is 67.5 cm³/mol. The van der Waals surface area contributed by atoms with Crippen molar-refractivity contribution in [1.82, 2.24) is 0 Å². The van der Waals surface area contributed by atoms with Gasteiger partial charge in [-0.05, 0) is 6.04 Å². The van der Waals surface area contributed by atoms with E-state index in [0.29, 0.717) is 0 Å². The van der Waals surface area contributed by atoms with Crippen LogP contribution in [-0.2, 0) is 8.85 Å². The van der Waals surface area contributed by atoms with Crippen molar-refractivity contribution in [2.45, 2.75) is 51.9 Å². The van der Waals surface area contributed by atoms with E-state index in [1.807, 2.05) is 14.2 Å². The van der Waals surface area contributed by atoms with Crippen molar-refractivity contribution in [3.63, 3.8) is 0 Å².